The van der Waals surface area contributed by atoms with E-state index in [0.717, 1.165) is 0 Å². The summed E-state index contributed by atoms with van der Waals surface area (Å²) in [6.07, 6.45) is -0.777. The molecule has 2 aromatic carbocycles. The first kappa shape index (κ1) is 20.9. The average molecular weight is 416 g/mol. The molecule has 0 saturated carbocycles. The number of hydrogen-bond acceptors (Lipinski definition) is 6. The van der Waals surface area contributed by atoms with Gasteiger partial charge in [0.2, 0.25) is 17.6 Å². The van der Waals surface area contributed by atoms with E-state index < -0.39 is 23.7 Å². The van der Waals surface area contributed by atoms with E-state index in [4.69, 9.17) is 9.26 Å². The molecule has 0 bridgehead atoms. The molecule has 0 radical (unpaired) electrons. The number of carbonyl (C=O) groups excluding carboxylic acids is 2. The van der Waals surface area contributed by atoms with E-state index in [9.17, 15) is 18.4 Å². The Morgan fingerprint density at radius 3 is 2.33 bits per heavy atom. The van der Waals surface area contributed by atoms with E-state index in [2.05, 4.69) is 21.0 Å². The maximum absolute atomic E-state index is 13.0. The lowest BCUT2D eigenvalue weighted by atomic mass is 10.2. The molecule has 1 aromatic heterocycles. The molecule has 0 aliphatic rings. The molecular weight excluding hydrogens is 398 g/mol. The topological polar surface area (TPSA) is 106 Å². The van der Waals surface area contributed by atoms with Gasteiger partial charge in [0.05, 0.1) is 0 Å². The van der Waals surface area contributed by atoms with Gasteiger partial charge in [-0.3, -0.25) is 20.4 Å². The Labute approximate surface area is 170 Å². The lowest BCUT2D eigenvalue weighted by Crippen LogP contribution is -2.47. The Hall–Kier alpha value is -3.82. The van der Waals surface area contributed by atoms with Gasteiger partial charge in [-0.05, 0) is 55.5 Å². The zero-order valence-corrected chi connectivity index (χ0v) is 15.9. The van der Waals surface area contributed by atoms with E-state index in [0.29, 0.717) is 11.3 Å². The van der Waals surface area contributed by atoms with E-state index in [1.165, 1.54) is 55.5 Å². The number of nitrogens with zero attached hydrogens (tertiary/aromatic N) is 2. The Balaban J connectivity index is 1.42. The zero-order valence-electron chi connectivity index (χ0n) is 15.9. The van der Waals surface area contributed by atoms with Gasteiger partial charge in [-0.1, -0.05) is 5.16 Å². The number of halogens is 2. The standard InChI is InChI=1S/C20H18F2N4O4/c1-12(29-16-8-6-15(22)7-9-16)20(28)25-24-17(27)10-11-18-23-19(26-30-18)13-2-4-14(21)5-3-13/h2-9,12H,10-11H2,1H3,(H,24,27)(H,25,28)/t12-/m0/s1. The monoisotopic (exact) mass is 416 g/mol. The lowest BCUT2D eigenvalue weighted by molar-refractivity contribution is -0.132. The molecule has 0 aliphatic carbocycles. The molecule has 10 heteroatoms. The summed E-state index contributed by atoms with van der Waals surface area (Å²) < 4.78 is 36.3. The predicted molar refractivity (Wildman–Crippen MR) is 101 cm³/mol. The fourth-order valence-electron chi connectivity index (χ4n) is 2.36. The smallest absolute Gasteiger partial charge is 0.279 e. The first-order chi connectivity index (χ1) is 14.4. The van der Waals surface area contributed by atoms with Crippen molar-refractivity contribution < 1.29 is 27.6 Å². The molecule has 3 rings (SSSR count). The normalized spacial score (nSPS) is 11.6. The van der Waals surface area contributed by atoms with Gasteiger partial charge in [-0.15, -0.1) is 0 Å². The molecule has 0 aliphatic heterocycles. The summed E-state index contributed by atoms with van der Waals surface area (Å²) in [4.78, 5) is 28.0. The first-order valence-electron chi connectivity index (χ1n) is 9.00. The molecule has 30 heavy (non-hydrogen) atoms. The second-order valence-electron chi connectivity index (χ2n) is 6.27. The van der Waals surface area contributed by atoms with Crippen LogP contribution in [0.3, 0.4) is 0 Å². The van der Waals surface area contributed by atoms with Gasteiger partial charge in [-0.25, -0.2) is 8.78 Å². The number of amides is 2. The van der Waals surface area contributed by atoms with Gasteiger partial charge in [0.15, 0.2) is 6.10 Å². The van der Waals surface area contributed by atoms with Crippen LogP contribution in [0.5, 0.6) is 5.75 Å². The Morgan fingerprint density at radius 1 is 1.03 bits per heavy atom. The molecule has 0 spiro atoms. The highest BCUT2D eigenvalue weighted by atomic mass is 19.1. The van der Waals surface area contributed by atoms with Crippen LogP contribution < -0.4 is 15.6 Å². The van der Waals surface area contributed by atoms with Crippen molar-refractivity contribution in [3.63, 3.8) is 0 Å². The number of hydrazine groups is 1. The van der Waals surface area contributed by atoms with Gasteiger partial charge in [0, 0.05) is 18.4 Å². The van der Waals surface area contributed by atoms with E-state index in [-0.39, 0.29) is 30.4 Å². The lowest BCUT2D eigenvalue weighted by Gasteiger charge is -2.15. The van der Waals surface area contributed by atoms with Crippen LogP contribution >= 0.6 is 0 Å². The molecular formula is C20H18F2N4O4. The minimum absolute atomic E-state index is 0.0153. The zero-order chi connectivity index (χ0) is 21.5. The third-order valence-corrected chi connectivity index (χ3v) is 3.96. The highest BCUT2D eigenvalue weighted by molar-refractivity contribution is 5.84. The van der Waals surface area contributed by atoms with Gasteiger partial charge in [0.25, 0.3) is 5.91 Å². The van der Waals surface area contributed by atoms with Crippen LogP contribution in [-0.2, 0) is 16.0 Å². The second-order valence-corrected chi connectivity index (χ2v) is 6.27. The Morgan fingerprint density at radius 2 is 1.67 bits per heavy atom. The molecule has 8 nitrogen and oxygen atoms in total. The van der Waals surface area contributed by atoms with Gasteiger partial charge in [0.1, 0.15) is 17.4 Å². The van der Waals surface area contributed by atoms with Crippen molar-refractivity contribution >= 4 is 11.8 Å². The van der Waals surface area contributed by atoms with Crippen molar-refractivity contribution in [3.05, 3.63) is 66.1 Å². The summed E-state index contributed by atoms with van der Waals surface area (Å²) in [5.74, 6) is -1.02. The van der Waals surface area contributed by atoms with E-state index in [1.807, 2.05) is 0 Å². The van der Waals surface area contributed by atoms with Gasteiger partial charge in [-0.2, -0.15) is 4.98 Å². The molecule has 1 heterocycles. The summed E-state index contributed by atoms with van der Waals surface area (Å²) in [7, 11) is 0. The summed E-state index contributed by atoms with van der Waals surface area (Å²) in [6.45, 7) is 1.49. The Kier molecular flexibility index (Phi) is 6.68. The number of nitrogens with one attached hydrogen (secondary N) is 2. The fraction of sp³-hybridized carbons (Fsp3) is 0.200. The third-order valence-electron chi connectivity index (χ3n) is 3.96. The van der Waals surface area contributed by atoms with Crippen molar-refractivity contribution in [2.24, 2.45) is 0 Å². The summed E-state index contributed by atoms with van der Waals surface area (Å²) in [5.41, 5.74) is 5.09. The number of ether oxygens (including phenoxy) is 1. The minimum atomic E-state index is -0.912. The van der Waals surface area contributed by atoms with E-state index in [1.54, 1.807) is 0 Å². The van der Waals surface area contributed by atoms with E-state index >= 15 is 0 Å². The molecule has 0 saturated heterocycles. The van der Waals surface area contributed by atoms with Crippen LogP contribution in [0.2, 0.25) is 0 Å². The average Bonchev–Trinajstić information content (AvgIpc) is 3.21. The van der Waals surface area contributed by atoms with Crippen LogP contribution in [0.25, 0.3) is 11.4 Å². The minimum Gasteiger partial charge on any atom is -0.481 e. The van der Waals surface area contributed by atoms with Crippen molar-refractivity contribution in [2.75, 3.05) is 0 Å². The van der Waals surface area contributed by atoms with Gasteiger partial charge < -0.3 is 9.26 Å². The molecule has 0 fully saturated rings. The highest BCUT2D eigenvalue weighted by Crippen LogP contribution is 2.16. The molecule has 0 unspecified atom stereocenters. The molecule has 156 valence electrons. The quantitative estimate of drug-likeness (QED) is 0.574. The molecule has 2 amide bonds. The summed E-state index contributed by atoms with van der Waals surface area (Å²) in [5, 5.41) is 3.79. The molecule has 1 atom stereocenters. The van der Waals surface area contributed by atoms with Crippen LogP contribution in [0.15, 0.2) is 53.1 Å². The maximum Gasteiger partial charge on any atom is 0.279 e. The van der Waals surface area contributed by atoms with Crippen LogP contribution in [0.1, 0.15) is 19.2 Å². The van der Waals surface area contributed by atoms with Crippen LogP contribution in [0.4, 0.5) is 8.78 Å². The molecule has 2 N–H and O–H groups in total. The number of aryl methyl sites for hydroxylation is 1. The fourth-order valence-corrected chi connectivity index (χ4v) is 2.36. The summed E-state index contributed by atoms with van der Waals surface area (Å²) >= 11 is 0. The second kappa shape index (κ2) is 9.59. The summed E-state index contributed by atoms with van der Waals surface area (Å²) in [6, 6.07) is 10.8. The number of benzene rings is 2. The third kappa shape index (κ3) is 5.84. The van der Waals surface area contributed by atoms with Crippen LogP contribution in [-0.4, -0.2) is 28.1 Å². The maximum atomic E-state index is 13.0. The first-order valence-corrected chi connectivity index (χ1v) is 9.00. The van der Waals surface area contributed by atoms with Crippen molar-refractivity contribution in [3.8, 4) is 17.1 Å². The van der Waals surface area contributed by atoms with Crippen molar-refractivity contribution in [1.29, 1.82) is 0 Å². The Bertz CT molecular complexity index is 1010. The van der Waals surface area contributed by atoms with Crippen molar-refractivity contribution in [2.45, 2.75) is 25.9 Å². The molecule has 3 aromatic rings. The largest absolute Gasteiger partial charge is 0.481 e. The number of carbonyl (C=O) groups is 2. The highest BCUT2D eigenvalue weighted by Gasteiger charge is 2.16. The number of aromatic nitrogens is 2. The van der Waals surface area contributed by atoms with Crippen molar-refractivity contribution in [1.82, 2.24) is 21.0 Å². The van der Waals surface area contributed by atoms with Gasteiger partial charge >= 0.3 is 0 Å². The predicted octanol–water partition coefficient (Wildman–Crippen LogP) is 2.56. The number of rotatable bonds is 7. The van der Waals surface area contributed by atoms with Crippen LogP contribution in [0, 0.1) is 11.6 Å². The SMILES string of the molecule is C[C@H](Oc1ccc(F)cc1)C(=O)NNC(=O)CCc1nc(-c2ccc(F)cc2)no1. The number of hydrogen-bond donors (Lipinski definition) is 2.